The second kappa shape index (κ2) is 17.2. The van der Waals surface area contributed by atoms with Gasteiger partial charge in [0.25, 0.3) is 0 Å². The first-order valence-corrected chi connectivity index (χ1v) is 15.5. The lowest BCUT2D eigenvalue weighted by Crippen LogP contribution is -2.25. The van der Waals surface area contributed by atoms with Crippen LogP contribution in [-0.4, -0.2) is 54.7 Å². The number of aliphatic hydroxyl groups is 2. The second-order valence-corrected chi connectivity index (χ2v) is 11.3. The van der Waals surface area contributed by atoms with E-state index in [4.69, 9.17) is 14.2 Å². The van der Waals surface area contributed by atoms with E-state index in [0.29, 0.717) is 24.2 Å². The Balaban J connectivity index is 1.42. The lowest BCUT2D eigenvalue weighted by molar-refractivity contribution is -0.140. The molecule has 2 N–H and O–H groups in total. The Hall–Kier alpha value is -4.38. The monoisotopic (exact) mass is 610 g/mol. The van der Waals surface area contributed by atoms with Gasteiger partial charge in [-0.1, -0.05) is 85.7 Å². The molecule has 0 spiro atoms. The fourth-order valence-corrected chi connectivity index (χ4v) is 5.77. The molecular formula is C38H42O7. The van der Waals surface area contributed by atoms with Gasteiger partial charge in [0.1, 0.15) is 18.0 Å². The van der Waals surface area contributed by atoms with Crippen molar-refractivity contribution >= 4 is 11.9 Å². The van der Waals surface area contributed by atoms with E-state index in [0.717, 1.165) is 48.8 Å². The van der Waals surface area contributed by atoms with Crippen LogP contribution in [0.2, 0.25) is 0 Å². The Morgan fingerprint density at radius 1 is 0.933 bits per heavy atom. The zero-order valence-corrected chi connectivity index (χ0v) is 25.9. The number of hydrogen-bond acceptors (Lipinski definition) is 7. The average molecular weight is 611 g/mol. The van der Waals surface area contributed by atoms with Gasteiger partial charge in [-0.3, -0.25) is 4.79 Å². The fraction of sp³-hybridized carbons (Fsp3) is 0.368. The SMILES string of the molecule is COC(=O)CCCCCC[C@@H]1[C@@H](C=CC(O)C#Cc2cccc(OC)c2)[C@H](O)C[C@@H]1OC(=O)c1ccc(-c2ccccc2)cc1. The quantitative estimate of drug-likeness (QED) is 0.100. The third kappa shape index (κ3) is 10.1. The Kier molecular flexibility index (Phi) is 12.8. The summed E-state index contributed by atoms with van der Waals surface area (Å²) in [5.74, 6) is 5.37. The van der Waals surface area contributed by atoms with Crippen molar-refractivity contribution in [1.82, 2.24) is 0 Å². The minimum atomic E-state index is -1.04. The van der Waals surface area contributed by atoms with Crippen molar-refractivity contribution in [2.75, 3.05) is 14.2 Å². The predicted octanol–water partition coefficient (Wildman–Crippen LogP) is 6.37. The highest BCUT2D eigenvalue weighted by molar-refractivity contribution is 5.90. The van der Waals surface area contributed by atoms with Crippen molar-refractivity contribution in [2.24, 2.45) is 11.8 Å². The molecule has 0 aliphatic heterocycles. The van der Waals surface area contributed by atoms with E-state index < -0.39 is 24.3 Å². The van der Waals surface area contributed by atoms with E-state index in [2.05, 4.69) is 11.8 Å². The van der Waals surface area contributed by atoms with Crippen LogP contribution in [-0.2, 0) is 14.3 Å². The third-order valence-corrected chi connectivity index (χ3v) is 8.22. The van der Waals surface area contributed by atoms with Crippen molar-refractivity contribution in [3.05, 3.63) is 102 Å². The van der Waals surface area contributed by atoms with Gasteiger partial charge in [0.2, 0.25) is 0 Å². The van der Waals surface area contributed by atoms with Crippen LogP contribution in [0.1, 0.15) is 60.9 Å². The summed E-state index contributed by atoms with van der Waals surface area (Å²) in [5, 5.41) is 21.6. The first-order valence-electron chi connectivity index (χ1n) is 15.5. The van der Waals surface area contributed by atoms with E-state index >= 15 is 0 Å². The van der Waals surface area contributed by atoms with Gasteiger partial charge in [-0.25, -0.2) is 4.79 Å². The molecule has 3 aromatic carbocycles. The van der Waals surface area contributed by atoms with Crippen LogP contribution >= 0.6 is 0 Å². The minimum Gasteiger partial charge on any atom is -0.497 e. The molecule has 5 atom stereocenters. The number of carbonyl (C=O) groups excluding carboxylic acids is 2. The smallest absolute Gasteiger partial charge is 0.338 e. The fourth-order valence-electron chi connectivity index (χ4n) is 5.77. The van der Waals surface area contributed by atoms with E-state index in [9.17, 15) is 19.8 Å². The van der Waals surface area contributed by atoms with Crippen molar-refractivity contribution in [2.45, 2.75) is 63.3 Å². The summed E-state index contributed by atoms with van der Waals surface area (Å²) in [5.41, 5.74) is 3.24. The molecule has 0 bridgehead atoms. The maximum Gasteiger partial charge on any atom is 0.338 e. The normalized spacial score (nSPS) is 19.8. The second-order valence-electron chi connectivity index (χ2n) is 11.3. The Morgan fingerprint density at radius 3 is 2.40 bits per heavy atom. The molecular weight excluding hydrogens is 568 g/mol. The highest BCUT2D eigenvalue weighted by Crippen LogP contribution is 2.39. The summed E-state index contributed by atoms with van der Waals surface area (Å²) in [6.45, 7) is 0. The molecule has 45 heavy (non-hydrogen) atoms. The van der Waals surface area contributed by atoms with Gasteiger partial charge in [0, 0.05) is 30.2 Å². The number of unbranched alkanes of at least 4 members (excludes halogenated alkanes) is 3. The maximum absolute atomic E-state index is 13.2. The minimum absolute atomic E-state index is 0.136. The molecule has 0 aromatic heterocycles. The summed E-state index contributed by atoms with van der Waals surface area (Å²) >= 11 is 0. The Labute approximate surface area is 265 Å². The van der Waals surface area contributed by atoms with Gasteiger partial charge in [-0.15, -0.1) is 0 Å². The number of rotatable bonds is 13. The van der Waals surface area contributed by atoms with Gasteiger partial charge in [-0.05, 0) is 60.4 Å². The molecule has 0 radical (unpaired) electrons. The van der Waals surface area contributed by atoms with Crippen LogP contribution in [0.4, 0.5) is 0 Å². The van der Waals surface area contributed by atoms with Crippen molar-refractivity contribution in [3.8, 4) is 28.7 Å². The van der Waals surface area contributed by atoms with Crippen LogP contribution in [0.15, 0.2) is 91.0 Å². The van der Waals surface area contributed by atoms with Crippen molar-refractivity contribution in [1.29, 1.82) is 0 Å². The molecule has 0 saturated heterocycles. The topological polar surface area (TPSA) is 102 Å². The molecule has 1 saturated carbocycles. The molecule has 7 heteroatoms. The Bertz CT molecular complexity index is 1470. The summed E-state index contributed by atoms with van der Waals surface area (Å²) < 4.78 is 16.0. The highest BCUT2D eigenvalue weighted by Gasteiger charge is 2.43. The number of benzene rings is 3. The first-order chi connectivity index (χ1) is 21.9. The molecule has 0 amide bonds. The number of methoxy groups -OCH3 is 2. The van der Waals surface area contributed by atoms with Crippen LogP contribution < -0.4 is 4.74 Å². The molecule has 1 unspecified atom stereocenters. The Morgan fingerprint density at radius 2 is 1.67 bits per heavy atom. The molecule has 236 valence electrons. The molecule has 1 fully saturated rings. The zero-order valence-electron chi connectivity index (χ0n) is 25.9. The molecule has 3 aromatic rings. The van der Waals surface area contributed by atoms with E-state index in [1.54, 1.807) is 37.5 Å². The van der Waals surface area contributed by atoms with Gasteiger partial charge in [0.15, 0.2) is 0 Å². The number of hydrogen-bond donors (Lipinski definition) is 2. The number of carbonyl (C=O) groups is 2. The van der Waals surface area contributed by atoms with Gasteiger partial charge >= 0.3 is 11.9 Å². The van der Waals surface area contributed by atoms with Crippen molar-refractivity contribution in [3.63, 3.8) is 0 Å². The van der Waals surface area contributed by atoms with Gasteiger partial charge in [-0.2, -0.15) is 0 Å². The van der Waals surface area contributed by atoms with Crippen molar-refractivity contribution < 1.29 is 34.0 Å². The lowest BCUT2D eigenvalue weighted by Gasteiger charge is -2.24. The van der Waals surface area contributed by atoms with Crippen LogP contribution in [0.25, 0.3) is 11.1 Å². The zero-order chi connectivity index (χ0) is 32.0. The predicted molar refractivity (Wildman–Crippen MR) is 173 cm³/mol. The largest absolute Gasteiger partial charge is 0.497 e. The summed E-state index contributed by atoms with van der Waals surface area (Å²) in [4.78, 5) is 24.6. The van der Waals surface area contributed by atoms with E-state index in [1.807, 2.05) is 60.7 Å². The molecule has 1 aliphatic carbocycles. The van der Waals surface area contributed by atoms with Gasteiger partial charge < -0.3 is 24.4 Å². The highest BCUT2D eigenvalue weighted by atomic mass is 16.5. The lowest BCUT2D eigenvalue weighted by atomic mass is 9.87. The average Bonchev–Trinajstić information content (AvgIpc) is 3.37. The summed E-state index contributed by atoms with van der Waals surface area (Å²) in [6.07, 6.45) is 5.94. The molecule has 4 rings (SSSR count). The summed E-state index contributed by atoms with van der Waals surface area (Å²) in [6, 6.07) is 24.6. The van der Waals surface area contributed by atoms with Crippen LogP contribution in [0.5, 0.6) is 5.75 Å². The third-order valence-electron chi connectivity index (χ3n) is 8.22. The van der Waals surface area contributed by atoms with Crippen LogP contribution in [0.3, 0.4) is 0 Å². The van der Waals surface area contributed by atoms with Gasteiger partial charge in [0.05, 0.1) is 25.9 Å². The molecule has 1 aliphatic rings. The number of aliphatic hydroxyl groups excluding tert-OH is 2. The standard InChI is InChI=1S/C38H42O7/c1-43-32-14-10-11-27(25-32)17-22-31(39)23-24-33-34(15-8-3-4-9-16-37(41)44-2)36(26-35(33)40)45-38(42)30-20-18-29(19-21-30)28-12-6-5-7-13-28/h5-7,10-14,18-21,23-25,31,33-36,39-40H,3-4,8-9,15-16,26H2,1-2H3/t31?,33-,34-,35-,36+/m1/s1. The molecule has 7 nitrogen and oxygen atoms in total. The summed E-state index contributed by atoms with van der Waals surface area (Å²) in [7, 11) is 2.98. The van der Waals surface area contributed by atoms with Crippen LogP contribution in [0, 0.1) is 23.7 Å². The van der Waals surface area contributed by atoms with E-state index in [1.165, 1.54) is 7.11 Å². The number of esters is 2. The number of ether oxygens (including phenoxy) is 3. The maximum atomic E-state index is 13.2. The first kappa shape index (κ1) is 33.5. The molecule has 0 heterocycles. The van der Waals surface area contributed by atoms with E-state index in [-0.39, 0.29) is 17.8 Å².